The number of hydrogen-bond acceptors (Lipinski definition) is 4. The predicted octanol–water partition coefficient (Wildman–Crippen LogP) is 3.93. The molecule has 5 nitrogen and oxygen atoms in total. The lowest BCUT2D eigenvalue weighted by molar-refractivity contribution is 0.925. The second-order valence-corrected chi connectivity index (χ2v) is 5.11. The molecule has 106 valence electrons. The van der Waals surface area contributed by atoms with Gasteiger partial charge in [0.15, 0.2) is 5.82 Å². The first-order valence-corrected chi connectivity index (χ1v) is 6.92. The van der Waals surface area contributed by atoms with Crippen molar-refractivity contribution >= 4 is 34.7 Å². The minimum Gasteiger partial charge on any atom is -0.338 e. The average molecular weight is 320 g/mol. The minimum absolute atomic E-state index is 0.136. The molecule has 0 atom stereocenters. The maximum Gasteiger partial charge on any atom is 0.224 e. The average Bonchev–Trinajstić information content (AvgIpc) is 2.90. The SMILES string of the molecule is Cn1ccnc1-c1ccccc1Nc1nc(Cl)ncc1Cl. The number of benzene rings is 1. The summed E-state index contributed by atoms with van der Waals surface area (Å²) in [7, 11) is 1.94. The molecule has 0 fully saturated rings. The fourth-order valence-corrected chi connectivity index (χ4v) is 2.24. The molecular weight excluding hydrogens is 309 g/mol. The number of hydrogen-bond donors (Lipinski definition) is 1. The van der Waals surface area contributed by atoms with E-state index < -0.39 is 0 Å². The fourth-order valence-electron chi connectivity index (χ4n) is 1.97. The van der Waals surface area contributed by atoms with Gasteiger partial charge in [0.25, 0.3) is 0 Å². The number of aryl methyl sites for hydroxylation is 1. The van der Waals surface area contributed by atoms with Crippen LogP contribution in [0.5, 0.6) is 0 Å². The van der Waals surface area contributed by atoms with Gasteiger partial charge in [-0.3, -0.25) is 0 Å². The van der Waals surface area contributed by atoms with E-state index in [1.807, 2.05) is 42.1 Å². The van der Waals surface area contributed by atoms with E-state index in [-0.39, 0.29) is 5.28 Å². The van der Waals surface area contributed by atoms with Crippen LogP contribution in [0.3, 0.4) is 0 Å². The van der Waals surface area contributed by atoms with E-state index in [4.69, 9.17) is 23.2 Å². The molecule has 2 heterocycles. The first-order chi connectivity index (χ1) is 10.1. The third kappa shape index (κ3) is 2.84. The van der Waals surface area contributed by atoms with Crippen molar-refractivity contribution in [2.45, 2.75) is 0 Å². The Morgan fingerprint density at radius 3 is 2.71 bits per heavy atom. The number of anilines is 2. The zero-order chi connectivity index (χ0) is 14.8. The smallest absolute Gasteiger partial charge is 0.224 e. The standard InChI is InChI=1S/C14H11Cl2N5/c1-21-7-6-17-13(21)9-4-2-3-5-11(9)19-12-10(15)8-18-14(16)20-12/h2-8H,1H3,(H,18,19,20). The van der Waals surface area contributed by atoms with E-state index in [9.17, 15) is 0 Å². The Balaban J connectivity index is 2.04. The quantitative estimate of drug-likeness (QED) is 0.743. The Morgan fingerprint density at radius 2 is 1.95 bits per heavy atom. The molecule has 7 heteroatoms. The summed E-state index contributed by atoms with van der Waals surface area (Å²) < 4.78 is 1.94. The zero-order valence-electron chi connectivity index (χ0n) is 11.1. The molecule has 1 N–H and O–H groups in total. The summed E-state index contributed by atoms with van der Waals surface area (Å²) >= 11 is 11.9. The van der Waals surface area contributed by atoms with Crippen LogP contribution in [0.1, 0.15) is 0 Å². The summed E-state index contributed by atoms with van der Waals surface area (Å²) in [4.78, 5) is 12.3. The Morgan fingerprint density at radius 1 is 1.14 bits per heavy atom. The van der Waals surface area contributed by atoms with Gasteiger partial charge in [-0.25, -0.2) is 9.97 Å². The second kappa shape index (κ2) is 5.71. The van der Waals surface area contributed by atoms with Crippen LogP contribution in [0.25, 0.3) is 11.4 Å². The van der Waals surface area contributed by atoms with Crippen molar-refractivity contribution in [3.8, 4) is 11.4 Å². The van der Waals surface area contributed by atoms with Crippen molar-refractivity contribution in [3.05, 3.63) is 53.2 Å². The summed E-state index contributed by atoms with van der Waals surface area (Å²) in [6.07, 6.45) is 5.10. The number of nitrogens with zero attached hydrogens (tertiary/aromatic N) is 4. The van der Waals surface area contributed by atoms with Gasteiger partial charge in [0.2, 0.25) is 5.28 Å². The molecule has 0 spiro atoms. The molecule has 0 saturated heterocycles. The van der Waals surface area contributed by atoms with Gasteiger partial charge in [-0.1, -0.05) is 23.7 Å². The molecule has 3 aromatic rings. The summed E-state index contributed by atoms with van der Waals surface area (Å²) in [5, 5.41) is 3.71. The van der Waals surface area contributed by atoms with E-state index in [0.29, 0.717) is 10.8 Å². The van der Waals surface area contributed by atoms with Gasteiger partial charge in [-0.15, -0.1) is 0 Å². The van der Waals surface area contributed by atoms with Gasteiger partial charge in [0.1, 0.15) is 10.8 Å². The summed E-state index contributed by atoms with van der Waals surface area (Å²) in [5.41, 5.74) is 1.78. The second-order valence-electron chi connectivity index (χ2n) is 4.37. The number of nitrogens with one attached hydrogen (secondary N) is 1. The maximum absolute atomic E-state index is 6.09. The highest BCUT2D eigenvalue weighted by atomic mass is 35.5. The molecule has 1 aromatic carbocycles. The van der Waals surface area contributed by atoms with Crippen molar-refractivity contribution in [3.63, 3.8) is 0 Å². The Labute approximate surface area is 131 Å². The summed E-state index contributed by atoms with van der Waals surface area (Å²) in [5.74, 6) is 1.30. The topological polar surface area (TPSA) is 55.6 Å². The van der Waals surface area contributed by atoms with E-state index in [2.05, 4.69) is 20.3 Å². The van der Waals surface area contributed by atoms with Gasteiger partial charge < -0.3 is 9.88 Å². The van der Waals surface area contributed by atoms with Crippen molar-refractivity contribution in [2.75, 3.05) is 5.32 Å². The summed E-state index contributed by atoms with van der Waals surface area (Å²) in [6.45, 7) is 0. The third-order valence-electron chi connectivity index (χ3n) is 2.96. The normalized spacial score (nSPS) is 10.6. The van der Waals surface area contributed by atoms with Crippen LogP contribution in [-0.2, 0) is 7.05 Å². The van der Waals surface area contributed by atoms with Gasteiger partial charge in [0.05, 0.1) is 11.9 Å². The van der Waals surface area contributed by atoms with Crippen LogP contribution >= 0.6 is 23.2 Å². The molecule has 0 radical (unpaired) electrons. The third-order valence-corrected chi connectivity index (χ3v) is 3.42. The number of rotatable bonds is 3. The van der Waals surface area contributed by atoms with Crippen molar-refractivity contribution in [1.29, 1.82) is 0 Å². The lowest BCUT2D eigenvalue weighted by Crippen LogP contribution is -2.00. The molecule has 2 aromatic heterocycles. The van der Waals surface area contributed by atoms with Crippen molar-refractivity contribution in [1.82, 2.24) is 19.5 Å². The lowest BCUT2D eigenvalue weighted by Gasteiger charge is -2.12. The molecule has 0 bridgehead atoms. The van der Waals surface area contributed by atoms with Crippen LogP contribution in [0.4, 0.5) is 11.5 Å². The number of para-hydroxylation sites is 1. The van der Waals surface area contributed by atoms with Crippen LogP contribution in [0, 0.1) is 0 Å². The lowest BCUT2D eigenvalue weighted by atomic mass is 10.1. The predicted molar refractivity (Wildman–Crippen MR) is 84.0 cm³/mol. The fraction of sp³-hybridized carbons (Fsp3) is 0.0714. The van der Waals surface area contributed by atoms with Crippen LogP contribution in [0.2, 0.25) is 10.3 Å². The van der Waals surface area contributed by atoms with Gasteiger partial charge >= 0.3 is 0 Å². The van der Waals surface area contributed by atoms with Crippen LogP contribution in [0.15, 0.2) is 42.9 Å². The summed E-state index contributed by atoms with van der Waals surface area (Å²) in [6, 6.07) is 7.77. The van der Waals surface area contributed by atoms with E-state index in [1.54, 1.807) is 6.20 Å². The maximum atomic E-state index is 6.09. The van der Waals surface area contributed by atoms with Crippen LogP contribution < -0.4 is 5.32 Å². The molecule has 21 heavy (non-hydrogen) atoms. The Hall–Kier alpha value is -2.11. The minimum atomic E-state index is 0.136. The molecule has 0 aliphatic carbocycles. The van der Waals surface area contributed by atoms with Crippen molar-refractivity contribution < 1.29 is 0 Å². The molecular formula is C14H11Cl2N5. The zero-order valence-corrected chi connectivity index (χ0v) is 12.6. The van der Waals surface area contributed by atoms with Crippen LogP contribution in [-0.4, -0.2) is 19.5 Å². The van der Waals surface area contributed by atoms with Gasteiger partial charge in [-0.2, -0.15) is 4.98 Å². The van der Waals surface area contributed by atoms with E-state index >= 15 is 0 Å². The monoisotopic (exact) mass is 319 g/mol. The first kappa shape index (κ1) is 13.9. The number of imidazole rings is 1. The van der Waals surface area contributed by atoms with E-state index in [1.165, 1.54) is 6.20 Å². The molecule has 0 aliphatic rings. The highest BCUT2D eigenvalue weighted by molar-refractivity contribution is 6.33. The highest BCUT2D eigenvalue weighted by Gasteiger charge is 2.11. The van der Waals surface area contributed by atoms with E-state index in [0.717, 1.165) is 17.1 Å². The molecule has 0 amide bonds. The largest absolute Gasteiger partial charge is 0.338 e. The first-order valence-electron chi connectivity index (χ1n) is 6.17. The number of aromatic nitrogens is 4. The van der Waals surface area contributed by atoms with Gasteiger partial charge in [-0.05, 0) is 23.7 Å². The molecule has 0 aliphatic heterocycles. The Bertz CT molecular complexity index is 785. The molecule has 0 unspecified atom stereocenters. The molecule has 0 saturated carbocycles. The highest BCUT2D eigenvalue weighted by Crippen LogP contribution is 2.30. The molecule has 3 rings (SSSR count). The Kier molecular flexibility index (Phi) is 3.77. The number of halogens is 2. The van der Waals surface area contributed by atoms with Gasteiger partial charge in [0, 0.05) is 25.0 Å². The van der Waals surface area contributed by atoms with Crippen molar-refractivity contribution in [2.24, 2.45) is 7.05 Å².